The maximum absolute atomic E-state index is 2.20. The molecule has 0 aliphatic carbocycles. The molecule has 0 atom stereocenters. The van der Waals surface area contributed by atoms with E-state index in [1.54, 1.807) is 0 Å². The zero-order chi connectivity index (χ0) is 12.5. The fraction of sp³-hybridized carbons (Fsp3) is 0.167. The van der Waals surface area contributed by atoms with Crippen LogP contribution >= 0.6 is 0 Å². The predicted octanol–water partition coefficient (Wildman–Crippen LogP) is 5.72. The quantitative estimate of drug-likeness (QED) is 0.488. The molecule has 19 heavy (non-hydrogen) atoms. The van der Waals surface area contributed by atoms with Crippen molar-refractivity contribution in [2.75, 3.05) is 0 Å². The number of hydrogen-bond acceptors (Lipinski definition) is 0. The molecule has 1 heteroatoms. The Morgan fingerprint density at radius 3 is 1.68 bits per heavy atom. The summed E-state index contributed by atoms with van der Waals surface area (Å²) in [5.41, 5.74) is 3.82. The van der Waals surface area contributed by atoms with E-state index in [-0.39, 0.29) is 40.1 Å². The van der Waals surface area contributed by atoms with Crippen LogP contribution in [0.5, 0.6) is 0 Å². The molecular formula is C18H23Y-. The summed E-state index contributed by atoms with van der Waals surface area (Å²) in [5, 5.41) is 0. The van der Waals surface area contributed by atoms with Gasteiger partial charge in [-0.15, -0.1) is 0 Å². The molecule has 0 aliphatic rings. The van der Waals surface area contributed by atoms with Crippen molar-refractivity contribution in [2.45, 2.75) is 20.8 Å². The maximum atomic E-state index is 2.20. The zero-order valence-corrected chi connectivity index (χ0v) is 15.3. The largest absolute Gasteiger partial charge is 0.358 e. The fourth-order valence-electron chi connectivity index (χ4n) is 1.58. The smallest absolute Gasteiger partial charge is 0 e. The van der Waals surface area contributed by atoms with Crippen LogP contribution in [0.3, 0.4) is 0 Å². The minimum Gasteiger partial charge on any atom is -0.358 e. The van der Waals surface area contributed by atoms with Gasteiger partial charge in [0.25, 0.3) is 0 Å². The first-order valence-corrected chi connectivity index (χ1v) is 6.15. The third-order valence-corrected chi connectivity index (χ3v) is 2.41. The van der Waals surface area contributed by atoms with Crippen molar-refractivity contribution in [1.29, 1.82) is 0 Å². The maximum Gasteiger partial charge on any atom is 0 e. The van der Waals surface area contributed by atoms with Crippen LogP contribution in [-0.2, 0) is 32.7 Å². The second-order valence-corrected chi connectivity index (χ2v) is 3.60. The third kappa shape index (κ3) is 7.45. The Balaban J connectivity index is 0. The molecule has 0 saturated heterocycles. The van der Waals surface area contributed by atoms with Gasteiger partial charge in [0.2, 0.25) is 0 Å². The zero-order valence-electron chi connectivity index (χ0n) is 12.4. The van der Waals surface area contributed by atoms with Crippen molar-refractivity contribution in [2.24, 2.45) is 0 Å². The average molecular weight is 328 g/mol. The summed E-state index contributed by atoms with van der Waals surface area (Å²) in [6.07, 6.45) is 2.20. The van der Waals surface area contributed by atoms with Crippen molar-refractivity contribution >= 4 is 11.6 Å². The van der Waals surface area contributed by atoms with Crippen molar-refractivity contribution < 1.29 is 32.7 Å². The van der Waals surface area contributed by atoms with E-state index in [2.05, 4.69) is 61.5 Å². The average Bonchev–Trinajstić information content (AvgIpc) is 2.43. The summed E-state index contributed by atoms with van der Waals surface area (Å²) >= 11 is 0. The van der Waals surface area contributed by atoms with Gasteiger partial charge in [-0.1, -0.05) is 80.6 Å². The monoisotopic (exact) mass is 328 g/mol. The van der Waals surface area contributed by atoms with Crippen LogP contribution in [-0.4, -0.2) is 0 Å². The van der Waals surface area contributed by atoms with Gasteiger partial charge in [0.1, 0.15) is 0 Å². The van der Waals surface area contributed by atoms with Gasteiger partial charge < -0.3 is 7.43 Å². The van der Waals surface area contributed by atoms with E-state index < -0.39 is 0 Å². The second kappa shape index (κ2) is 12.3. The van der Waals surface area contributed by atoms with Gasteiger partial charge in [0.15, 0.2) is 0 Å². The van der Waals surface area contributed by atoms with E-state index in [1.807, 2.05) is 26.0 Å². The molecular weight excluding hydrogens is 305 g/mol. The molecule has 2 rings (SSSR count). The van der Waals surface area contributed by atoms with Crippen LogP contribution in [0.1, 0.15) is 31.9 Å². The molecule has 0 bridgehead atoms. The molecule has 0 fully saturated rings. The van der Waals surface area contributed by atoms with Gasteiger partial charge in [0, 0.05) is 32.7 Å². The van der Waals surface area contributed by atoms with E-state index >= 15 is 0 Å². The Labute approximate surface area is 143 Å². The summed E-state index contributed by atoms with van der Waals surface area (Å²) < 4.78 is 0. The van der Waals surface area contributed by atoms with E-state index in [0.29, 0.717) is 0 Å². The topological polar surface area (TPSA) is 0 Å². The SMILES string of the molecule is C/C(=C\c1ccccc1)c1ccccc1.CC.[CH3-].[Y]. The Kier molecular flexibility index (Phi) is 13.4. The summed E-state index contributed by atoms with van der Waals surface area (Å²) in [6, 6.07) is 20.8. The molecule has 1 radical (unpaired) electrons. The van der Waals surface area contributed by atoms with Gasteiger partial charge in [-0.05, 0) is 23.6 Å². The molecule has 2 aromatic rings. The van der Waals surface area contributed by atoms with E-state index in [4.69, 9.17) is 0 Å². The standard InChI is InChI=1S/C15H14.C2H6.CH3.Y/c1-13(15-10-6-3-7-11-15)12-14-8-4-2-5-9-14;1-2;;/h2-12H,1H3;1-2H3;1H3;/q;;-1;/b13-12+;;;. The minimum absolute atomic E-state index is 0. The van der Waals surface area contributed by atoms with Crippen LogP contribution in [0.15, 0.2) is 60.7 Å². The van der Waals surface area contributed by atoms with Gasteiger partial charge in [-0.2, -0.15) is 0 Å². The molecule has 0 aliphatic heterocycles. The molecule has 0 nitrogen and oxygen atoms in total. The van der Waals surface area contributed by atoms with Crippen molar-refractivity contribution in [3.05, 3.63) is 79.2 Å². The van der Waals surface area contributed by atoms with Crippen LogP contribution in [0.25, 0.3) is 11.6 Å². The molecule has 99 valence electrons. The first-order chi connectivity index (χ1) is 8.36. The van der Waals surface area contributed by atoms with Gasteiger partial charge in [-0.25, -0.2) is 0 Å². The van der Waals surface area contributed by atoms with Crippen LogP contribution in [0.2, 0.25) is 0 Å². The third-order valence-electron chi connectivity index (χ3n) is 2.41. The van der Waals surface area contributed by atoms with Crippen LogP contribution in [0, 0.1) is 7.43 Å². The Bertz CT molecular complexity index is 444. The second-order valence-electron chi connectivity index (χ2n) is 3.60. The fourth-order valence-corrected chi connectivity index (χ4v) is 1.58. The normalized spacial score (nSPS) is 9.32. The first kappa shape index (κ1) is 20.6. The van der Waals surface area contributed by atoms with Crippen LogP contribution < -0.4 is 0 Å². The molecule has 2 aromatic carbocycles. The van der Waals surface area contributed by atoms with Gasteiger partial charge in [-0.3, -0.25) is 0 Å². The number of hydrogen-bond donors (Lipinski definition) is 0. The van der Waals surface area contributed by atoms with Crippen LogP contribution in [0.4, 0.5) is 0 Å². The summed E-state index contributed by atoms with van der Waals surface area (Å²) in [5.74, 6) is 0. The molecule has 0 N–H and O–H groups in total. The number of rotatable bonds is 2. The summed E-state index contributed by atoms with van der Waals surface area (Å²) in [4.78, 5) is 0. The van der Waals surface area contributed by atoms with E-state index in [1.165, 1.54) is 16.7 Å². The van der Waals surface area contributed by atoms with Crippen molar-refractivity contribution in [3.63, 3.8) is 0 Å². The first-order valence-electron chi connectivity index (χ1n) is 6.15. The Hall–Kier alpha value is -0.716. The minimum atomic E-state index is 0. The molecule has 0 saturated carbocycles. The molecule has 0 unspecified atom stereocenters. The molecule has 0 aromatic heterocycles. The molecule has 0 heterocycles. The predicted molar refractivity (Wildman–Crippen MR) is 84.2 cm³/mol. The van der Waals surface area contributed by atoms with E-state index in [9.17, 15) is 0 Å². The molecule has 0 spiro atoms. The number of allylic oxidation sites excluding steroid dienone is 1. The molecule has 0 amide bonds. The Morgan fingerprint density at radius 2 is 1.21 bits per heavy atom. The summed E-state index contributed by atoms with van der Waals surface area (Å²) in [6.45, 7) is 6.14. The van der Waals surface area contributed by atoms with Gasteiger partial charge >= 0.3 is 0 Å². The van der Waals surface area contributed by atoms with Crippen molar-refractivity contribution in [1.82, 2.24) is 0 Å². The summed E-state index contributed by atoms with van der Waals surface area (Å²) in [7, 11) is 0. The van der Waals surface area contributed by atoms with Crippen molar-refractivity contribution in [3.8, 4) is 0 Å². The number of benzene rings is 2. The Morgan fingerprint density at radius 1 is 0.789 bits per heavy atom. The van der Waals surface area contributed by atoms with Gasteiger partial charge in [0.05, 0.1) is 0 Å². The van der Waals surface area contributed by atoms with E-state index in [0.717, 1.165) is 0 Å².